The molecule has 0 aliphatic carbocycles. The molecule has 0 saturated carbocycles. The molecule has 3 aromatic rings. The molecule has 0 unspecified atom stereocenters. The SMILES string of the molecule is Cc1cc(OCCNC(=O)OC(C)(C)C)cc(C)c1-c1cccc(COc2ccc(C=O)cc2)c1. The number of rotatable bonds is 9. The molecule has 0 aliphatic rings. The van der Waals surface area contributed by atoms with Gasteiger partial charge in [0.2, 0.25) is 0 Å². The van der Waals surface area contributed by atoms with Crippen LogP contribution in [0.5, 0.6) is 11.5 Å². The Bertz CT molecular complexity index is 1140. The van der Waals surface area contributed by atoms with Crippen LogP contribution in [0.15, 0.2) is 60.7 Å². The summed E-state index contributed by atoms with van der Waals surface area (Å²) in [5.41, 5.74) is 5.61. The van der Waals surface area contributed by atoms with Gasteiger partial charge in [-0.15, -0.1) is 0 Å². The molecule has 1 amide bonds. The van der Waals surface area contributed by atoms with Gasteiger partial charge in [-0.2, -0.15) is 0 Å². The fraction of sp³-hybridized carbons (Fsp3) is 0.310. The van der Waals surface area contributed by atoms with Crippen LogP contribution in [0.1, 0.15) is 47.8 Å². The summed E-state index contributed by atoms with van der Waals surface area (Å²) in [6.07, 6.45) is 0.362. The highest BCUT2D eigenvalue weighted by Gasteiger charge is 2.15. The smallest absolute Gasteiger partial charge is 0.407 e. The molecule has 6 nitrogen and oxygen atoms in total. The lowest BCUT2D eigenvalue weighted by atomic mass is 9.94. The van der Waals surface area contributed by atoms with Crippen LogP contribution in [0, 0.1) is 13.8 Å². The zero-order chi connectivity index (χ0) is 25.4. The van der Waals surface area contributed by atoms with Gasteiger partial charge < -0.3 is 19.5 Å². The maximum atomic E-state index is 11.8. The largest absolute Gasteiger partial charge is 0.492 e. The summed E-state index contributed by atoms with van der Waals surface area (Å²) in [6.45, 7) is 10.7. The average molecular weight is 476 g/mol. The first kappa shape index (κ1) is 25.8. The number of benzene rings is 3. The van der Waals surface area contributed by atoms with Gasteiger partial charge in [0.05, 0.1) is 6.54 Å². The van der Waals surface area contributed by atoms with Crippen LogP contribution in [0.4, 0.5) is 4.79 Å². The molecule has 1 N–H and O–H groups in total. The van der Waals surface area contributed by atoms with Crippen LogP contribution in [0.25, 0.3) is 11.1 Å². The lowest BCUT2D eigenvalue weighted by Gasteiger charge is -2.19. The first-order chi connectivity index (χ1) is 16.6. The Labute approximate surface area is 207 Å². The van der Waals surface area contributed by atoms with Crippen molar-refractivity contribution in [3.05, 3.63) is 82.9 Å². The maximum Gasteiger partial charge on any atom is 0.407 e. The minimum Gasteiger partial charge on any atom is -0.492 e. The second-order valence-corrected chi connectivity index (χ2v) is 9.39. The van der Waals surface area contributed by atoms with Crippen LogP contribution in [-0.2, 0) is 11.3 Å². The van der Waals surface area contributed by atoms with Crippen molar-refractivity contribution in [3.8, 4) is 22.6 Å². The first-order valence-electron chi connectivity index (χ1n) is 11.6. The number of carbonyl (C=O) groups excluding carboxylic acids is 2. The number of aryl methyl sites for hydroxylation is 2. The van der Waals surface area contributed by atoms with Crippen LogP contribution in [0.2, 0.25) is 0 Å². The first-order valence-corrected chi connectivity index (χ1v) is 11.6. The monoisotopic (exact) mass is 475 g/mol. The number of nitrogens with one attached hydrogen (secondary N) is 1. The van der Waals surface area contributed by atoms with Crippen molar-refractivity contribution in [2.24, 2.45) is 0 Å². The standard InChI is InChI=1S/C29H33NO5/c1-20-15-26(33-14-13-30-28(32)35-29(3,4)5)16-21(2)27(20)24-8-6-7-23(17-24)19-34-25-11-9-22(18-31)10-12-25/h6-12,15-18H,13-14,19H2,1-5H3,(H,30,32). The van der Waals surface area contributed by atoms with Gasteiger partial charge in [0.15, 0.2) is 0 Å². The van der Waals surface area contributed by atoms with Crippen molar-refractivity contribution in [2.45, 2.75) is 46.8 Å². The van der Waals surface area contributed by atoms with Gasteiger partial charge in [0, 0.05) is 5.56 Å². The number of amides is 1. The quantitative estimate of drug-likeness (QED) is 0.292. The number of alkyl carbamates (subject to hydrolysis) is 1. The van der Waals surface area contributed by atoms with Gasteiger partial charge in [-0.3, -0.25) is 4.79 Å². The van der Waals surface area contributed by atoms with Gasteiger partial charge in [-0.05, 0) is 105 Å². The molecular formula is C29H33NO5. The van der Waals surface area contributed by atoms with Crippen molar-refractivity contribution in [3.63, 3.8) is 0 Å². The Morgan fingerprint density at radius 2 is 1.60 bits per heavy atom. The lowest BCUT2D eigenvalue weighted by Crippen LogP contribution is -2.34. The Hall–Kier alpha value is -3.80. The number of hydrogen-bond acceptors (Lipinski definition) is 5. The van der Waals surface area contributed by atoms with E-state index in [9.17, 15) is 9.59 Å². The van der Waals surface area contributed by atoms with Gasteiger partial charge in [0.25, 0.3) is 0 Å². The van der Waals surface area contributed by atoms with E-state index in [4.69, 9.17) is 14.2 Å². The van der Waals surface area contributed by atoms with Gasteiger partial charge in [-0.1, -0.05) is 18.2 Å². The summed E-state index contributed by atoms with van der Waals surface area (Å²) < 4.78 is 17.0. The Kier molecular flexibility index (Phi) is 8.53. The molecule has 3 aromatic carbocycles. The maximum absolute atomic E-state index is 11.8. The third kappa shape index (κ3) is 7.88. The Morgan fingerprint density at radius 1 is 0.914 bits per heavy atom. The van der Waals surface area contributed by atoms with Crippen molar-refractivity contribution in [1.82, 2.24) is 5.32 Å². The minimum absolute atomic E-state index is 0.345. The highest BCUT2D eigenvalue weighted by Crippen LogP contribution is 2.31. The molecule has 0 atom stereocenters. The van der Waals surface area contributed by atoms with Crippen molar-refractivity contribution in [2.75, 3.05) is 13.2 Å². The summed E-state index contributed by atoms with van der Waals surface area (Å²) in [4.78, 5) is 22.6. The molecule has 0 heterocycles. The van der Waals surface area contributed by atoms with E-state index >= 15 is 0 Å². The number of carbonyl (C=O) groups is 2. The number of aldehydes is 1. The second kappa shape index (κ2) is 11.6. The third-order valence-electron chi connectivity index (χ3n) is 5.18. The molecular weight excluding hydrogens is 442 g/mol. The van der Waals surface area contributed by atoms with Crippen molar-refractivity contribution >= 4 is 12.4 Å². The van der Waals surface area contributed by atoms with Crippen molar-refractivity contribution < 1.29 is 23.8 Å². The topological polar surface area (TPSA) is 73.9 Å². The highest BCUT2D eigenvalue weighted by atomic mass is 16.6. The summed E-state index contributed by atoms with van der Waals surface area (Å²) in [7, 11) is 0. The zero-order valence-corrected chi connectivity index (χ0v) is 21.0. The van der Waals surface area contributed by atoms with Crippen LogP contribution in [-0.4, -0.2) is 31.1 Å². The molecule has 35 heavy (non-hydrogen) atoms. The molecule has 0 spiro atoms. The van der Waals surface area contributed by atoms with Gasteiger partial charge in [0.1, 0.15) is 36.6 Å². The van der Waals surface area contributed by atoms with E-state index in [0.29, 0.717) is 25.3 Å². The molecule has 0 fully saturated rings. The predicted octanol–water partition coefficient (Wildman–Crippen LogP) is 6.27. The Morgan fingerprint density at radius 3 is 2.23 bits per heavy atom. The molecule has 0 saturated heterocycles. The molecule has 6 heteroatoms. The minimum atomic E-state index is -0.527. The second-order valence-electron chi connectivity index (χ2n) is 9.39. The molecule has 184 valence electrons. The lowest BCUT2D eigenvalue weighted by molar-refractivity contribution is 0.0520. The summed E-state index contributed by atoms with van der Waals surface area (Å²) in [5.74, 6) is 1.48. The number of ether oxygens (including phenoxy) is 3. The van der Waals surface area contributed by atoms with E-state index in [-0.39, 0.29) is 0 Å². The fourth-order valence-electron chi connectivity index (χ4n) is 3.72. The van der Waals surface area contributed by atoms with E-state index in [0.717, 1.165) is 45.6 Å². The molecule has 0 aliphatic heterocycles. The van der Waals surface area contributed by atoms with Crippen LogP contribution < -0.4 is 14.8 Å². The predicted molar refractivity (Wildman–Crippen MR) is 137 cm³/mol. The van der Waals surface area contributed by atoms with E-state index in [1.807, 2.05) is 45.0 Å². The molecule has 0 aromatic heterocycles. The van der Waals surface area contributed by atoms with Gasteiger partial charge >= 0.3 is 6.09 Å². The van der Waals surface area contributed by atoms with Gasteiger partial charge in [-0.25, -0.2) is 4.79 Å². The molecule has 0 radical (unpaired) electrons. The fourth-order valence-corrected chi connectivity index (χ4v) is 3.72. The Balaban J connectivity index is 1.61. The summed E-state index contributed by atoms with van der Waals surface area (Å²) in [6, 6.07) is 19.3. The average Bonchev–Trinajstić information content (AvgIpc) is 2.79. The van der Waals surface area contributed by atoms with Crippen molar-refractivity contribution in [1.29, 1.82) is 0 Å². The highest BCUT2D eigenvalue weighted by molar-refractivity contribution is 5.75. The summed E-state index contributed by atoms with van der Waals surface area (Å²) >= 11 is 0. The summed E-state index contributed by atoms with van der Waals surface area (Å²) in [5, 5.41) is 2.70. The molecule has 3 rings (SSSR count). The zero-order valence-electron chi connectivity index (χ0n) is 21.0. The van der Waals surface area contributed by atoms with Crippen LogP contribution in [0.3, 0.4) is 0 Å². The van der Waals surface area contributed by atoms with E-state index in [2.05, 4.69) is 31.3 Å². The molecule has 0 bridgehead atoms. The van der Waals surface area contributed by atoms with Crippen LogP contribution >= 0.6 is 0 Å². The van der Waals surface area contributed by atoms with E-state index < -0.39 is 11.7 Å². The normalized spacial score (nSPS) is 11.0. The van der Waals surface area contributed by atoms with E-state index in [1.165, 1.54) is 0 Å². The third-order valence-corrected chi connectivity index (χ3v) is 5.18. The van der Waals surface area contributed by atoms with E-state index in [1.54, 1.807) is 24.3 Å². The number of hydrogen-bond donors (Lipinski definition) is 1.